The van der Waals surface area contributed by atoms with E-state index in [-0.39, 0.29) is 10.8 Å². The molecular weight excluding hydrogens is 891 g/mol. The Morgan fingerprint density at radius 1 is 0.432 bits per heavy atom. The minimum absolute atomic E-state index is 0.0192. The molecule has 3 unspecified atom stereocenters. The van der Waals surface area contributed by atoms with Crippen LogP contribution in [0.3, 0.4) is 0 Å². The second-order valence-electron chi connectivity index (χ2n) is 22.6. The molecule has 9 aromatic rings. The highest BCUT2D eigenvalue weighted by Gasteiger charge is 2.49. The molecule has 354 valence electrons. The number of fused-ring (bicyclic) bond motifs is 16. The van der Waals surface area contributed by atoms with Gasteiger partial charge in [0.1, 0.15) is 0 Å². The molecule has 1 aliphatic heterocycles. The zero-order valence-corrected chi connectivity index (χ0v) is 42.5. The van der Waals surface area contributed by atoms with Gasteiger partial charge in [-0.05, 0) is 137 Å². The lowest BCUT2D eigenvalue weighted by Gasteiger charge is -2.38. The third-order valence-electron chi connectivity index (χ3n) is 18.2. The smallest absolute Gasteiger partial charge is 0.0710 e. The van der Waals surface area contributed by atoms with Gasteiger partial charge in [0, 0.05) is 33.6 Å². The van der Waals surface area contributed by atoms with Gasteiger partial charge in [-0.1, -0.05) is 240 Å². The van der Waals surface area contributed by atoms with Gasteiger partial charge in [-0.25, -0.2) is 0 Å². The van der Waals surface area contributed by atoms with Crippen molar-refractivity contribution in [1.29, 1.82) is 0 Å². The van der Waals surface area contributed by atoms with E-state index >= 15 is 0 Å². The lowest BCUT2D eigenvalue weighted by Crippen LogP contribution is -2.29. The predicted octanol–water partition coefficient (Wildman–Crippen LogP) is 19.2. The summed E-state index contributed by atoms with van der Waals surface area (Å²) in [6.45, 7) is 9.69. The van der Waals surface area contributed by atoms with Crippen LogP contribution < -0.4 is 4.90 Å². The first kappa shape index (κ1) is 43.3. The van der Waals surface area contributed by atoms with Gasteiger partial charge >= 0.3 is 0 Å². The molecule has 2 bridgehead atoms. The largest absolute Gasteiger partial charge is 0.308 e. The zero-order valence-electron chi connectivity index (χ0n) is 42.5. The van der Waals surface area contributed by atoms with Crippen molar-refractivity contribution in [3.05, 3.63) is 281 Å². The highest BCUT2D eigenvalue weighted by Crippen LogP contribution is 2.64. The van der Waals surface area contributed by atoms with Gasteiger partial charge in [0.05, 0.1) is 22.5 Å². The van der Waals surface area contributed by atoms with Crippen LogP contribution in [0, 0.1) is 5.92 Å². The Balaban J connectivity index is 1.07. The summed E-state index contributed by atoms with van der Waals surface area (Å²) < 4.78 is 0. The fourth-order valence-corrected chi connectivity index (χ4v) is 14.9. The van der Waals surface area contributed by atoms with Crippen LogP contribution in [0.1, 0.15) is 85.4 Å². The molecule has 15 rings (SSSR count). The van der Waals surface area contributed by atoms with Crippen LogP contribution in [0.15, 0.2) is 242 Å². The summed E-state index contributed by atoms with van der Waals surface area (Å²) in [6.07, 6.45) is 18.7. The fourth-order valence-electron chi connectivity index (χ4n) is 14.9. The molecule has 0 spiro atoms. The average molecular weight is 948 g/mol. The van der Waals surface area contributed by atoms with Crippen LogP contribution in [-0.4, -0.2) is 0 Å². The summed E-state index contributed by atoms with van der Waals surface area (Å²) in [6, 6.07) is 74.9. The molecule has 6 aliphatic rings. The molecule has 1 nitrogen and oxygen atoms in total. The third kappa shape index (κ3) is 5.81. The lowest BCUT2D eigenvalue weighted by atomic mass is 9.65. The minimum atomic E-state index is -0.521. The van der Waals surface area contributed by atoms with Gasteiger partial charge < -0.3 is 4.90 Å². The first-order chi connectivity index (χ1) is 36.3. The van der Waals surface area contributed by atoms with Crippen molar-refractivity contribution in [2.24, 2.45) is 5.92 Å². The van der Waals surface area contributed by atoms with E-state index in [1.54, 1.807) is 0 Å². The number of benzene rings is 9. The van der Waals surface area contributed by atoms with Gasteiger partial charge in [0.2, 0.25) is 0 Å². The predicted molar refractivity (Wildman–Crippen MR) is 310 cm³/mol. The summed E-state index contributed by atoms with van der Waals surface area (Å²) in [7, 11) is 0. The molecule has 5 aliphatic carbocycles. The fraction of sp³-hybridized carbons (Fsp3) is 0.151. The number of allylic oxidation sites excluding steroid dienone is 8. The quantitative estimate of drug-likeness (QED) is 0.166. The van der Waals surface area contributed by atoms with Crippen molar-refractivity contribution < 1.29 is 0 Å². The van der Waals surface area contributed by atoms with Gasteiger partial charge in [0.15, 0.2) is 0 Å². The van der Waals surface area contributed by atoms with Gasteiger partial charge in [0.25, 0.3) is 0 Å². The maximum absolute atomic E-state index is 2.66. The van der Waals surface area contributed by atoms with E-state index in [0.717, 1.165) is 24.2 Å². The van der Waals surface area contributed by atoms with Gasteiger partial charge in [-0.3, -0.25) is 0 Å². The molecule has 0 amide bonds. The summed E-state index contributed by atoms with van der Waals surface area (Å²) in [5.41, 5.74) is 28.9. The molecule has 1 heteroatoms. The van der Waals surface area contributed by atoms with Crippen LogP contribution in [0.4, 0.5) is 17.1 Å². The van der Waals surface area contributed by atoms with Gasteiger partial charge in [-0.2, -0.15) is 0 Å². The summed E-state index contributed by atoms with van der Waals surface area (Å²) in [5, 5.41) is 0. The standard InChI is InChI=1S/C73H57N/c1-71(2)61-36-17-12-30-57(61)68-54(32-22-38-63(68)71)55-33-21-34-56-59-43-47(45-65-69(59)58-31-13-18-37-62(58)73(65,48-23-7-5-8-24-48)49-25-9-6-10-26-49)51-28-15-20-40-67(51)74(70(55)56)66-39-19-14-27-50(66)46-41-42-53-52-29-11-16-35-60(52)72(3,4)64(53)44-46/h5,7-9,11-45,52,60H,6,10H2,1-4H3. The normalized spacial score (nSPS) is 20.2. The number of anilines is 3. The minimum Gasteiger partial charge on any atom is -0.308 e. The van der Waals surface area contributed by atoms with Gasteiger partial charge in [-0.15, -0.1) is 0 Å². The van der Waals surface area contributed by atoms with Crippen molar-refractivity contribution in [1.82, 2.24) is 0 Å². The maximum Gasteiger partial charge on any atom is 0.0710 e. The van der Waals surface area contributed by atoms with E-state index in [2.05, 4.69) is 269 Å². The second kappa shape index (κ2) is 15.9. The molecule has 0 saturated carbocycles. The number of hydrogen-bond donors (Lipinski definition) is 0. The van der Waals surface area contributed by atoms with Crippen LogP contribution in [0.25, 0.3) is 66.8 Å². The van der Waals surface area contributed by atoms with Crippen molar-refractivity contribution in [3.8, 4) is 66.8 Å². The van der Waals surface area contributed by atoms with Crippen molar-refractivity contribution in [3.63, 3.8) is 0 Å². The van der Waals surface area contributed by atoms with E-state index in [4.69, 9.17) is 0 Å². The van der Waals surface area contributed by atoms with Crippen LogP contribution in [0.2, 0.25) is 0 Å². The van der Waals surface area contributed by atoms with Crippen molar-refractivity contribution in [2.75, 3.05) is 4.90 Å². The van der Waals surface area contributed by atoms with E-state index in [9.17, 15) is 0 Å². The first-order valence-electron chi connectivity index (χ1n) is 26.8. The van der Waals surface area contributed by atoms with Crippen LogP contribution in [0.5, 0.6) is 0 Å². The SMILES string of the molecule is CC1(C)c2ccccc2-c2c(-c3cccc4c3N(c3ccccc3-c3ccc5c(c3)C(C)(C)C3C=CC=CC53)c3ccccc3-c3cc-4c4c(c3)C(C3=CCCC=C3)(c3ccccc3)c3ccccc3-4)cccc21. The van der Waals surface area contributed by atoms with Crippen molar-refractivity contribution >= 4 is 17.1 Å². The molecule has 9 aromatic carbocycles. The average Bonchev–Trinajstić information content (AvgIpc) is 3.99. The highest BCUT2D eigenvalue weighted by atomic mass is 15.2. The maximum atomic E-state index is 2.66. The molecule has 0 radical (unpaired) electrons. The van der Waals surface area contributed by atoms with E-state index in [1.165, 1.54) is 117 Å². The Bertz CT molecular complexity index is 3980. The van der Waals surface area contributed by atoms with Crippen molar-refractivity contribution in [2.45, 2.75) is 62.7 Å². The zero-order chi connectivity index (χ0) is 49.5. The molecule has 0 aromatic heterocycles. The summed E-state index contributed by atoms with van der Waals surface area (Å²) >= 11 is 0. The third-order valence-corrected chi connectivity index (χ3v) is 18.2. The molecule has 0 saturated heterocycles. The Morgan fingerprint density at radius 2 is 1.01 bits per heavy atom. The van der Waals surface area contributed by atoms with E-state index < -0.39 is 5.41 Å². The van der Waals surface area contributed by atoms with Crippen LogP contribution >= 0.6 is 0 Å². The summed E-state index contributed by atoms with van der Waals surface area (Å²) in [5.74, 6) is 0.817. The molecular formula is C73H57N. The van der Waals surface area contributed by atoms with Crippen LogP contribution in [-0.2, 0) is 16.2 Å². The number of rotatable bonds is 5. The highest BCUT2D eigenvalue weighted by molar-refractivity contribution is 6.11. The molecule has 0 N–H and O–H groups in total. The Kier molecular flexibility index (Phi) is 9.29. The Hall–Kier alpha value is -8.26. The number of para-hydroxylation sites is 3. The molecule has 74 heavy (non-hydrogen) atoms. The van der Waals surface area contributed by atoms with E-state index in [0.29, 0.717) is 11.8 Å². The Morgan fingerprint density at radius 3 is 1.77 bits per heavy atom. The second-order valence-corrected chi connectivity index (χ2v) is 22.6. The number of hydrogen-bond acceptors (Lipinski definition) is 1. The molecule has 1 heterocycles. The van der Waals surface area contributed by atoms with E-state index in [1.807, 2.05) is 0 Å². The Labute approximate surface area is 436 Å². The topological polar surface area (TPSA) is 3.24 Å². The lowest BCUT2D eigenvalue weighted by molar-refractivity contribution is 0.394. The summed E-state index contributed by atoms with van der Waals surface area (Å²) in [4.78, 5) is 2.66. The molecule has 0 fully saturated rings. The number of nitrogens with zero attached hydrogens (tertiary/aromatic N) is 1. The monoisotopic (exact) mass is 947 g/mol. The first-order valence-corrected chi connectivity index (χ1v) is 26.8. The molecule has 3 atom stereocenters.